The van der Waals surface area contributed by atoms with Crippen molar-refractivity contribution in [3.8, 4) is 0 Å². The van der Waals surface area contributed by atoms with E-state index < -0.39 is 29.4 Å². The maximum atomic E-state index is 13.3. The maximum absolute atomic E-state index is 13.3. The van der Waals surface area contributed by atoms with Crippen molar-refractivity contribution in [2.45, 2.75) is 48.4 Å². The first-order valence-electron chi connectivity index (χ1n) is 9.35. The lowest BCUT2D eigenvalue weighted by molar-refractivity contribution is -0.376. The molecule has 0 aromatic heterocycles. The number of carbonyl (C=O) groups excluding carboxylic acids is 1. The van der Waals surface area contributed by atoms with Gasteiger partial charge in [-0.2, -0.15) is 26.3 Å². The van der Waals surface area contributed by atoms with E-state index in [1.54, 1.807) is 31.2 Å². The van der Waals surface area contributed by atoms with Crippen molar-refractivity contribution in [3.05, 3.63) is 59.2 Å². The quantitative estimate of drug-likeness (QED) is 0.582. The Bertz CT molecular complexity index is 975. The standard InChI is InChI=1S/C21H19F6NO2S/c1-3-14-11-28(18(29)15-7-5-4-6-12(15)2)16-9-8-13(10-17(16)31-14)19(30,20(22,23)24)21(25,26)27/h4-10,14,30H,3,11H2,1-2H3. The molecule has 1 amide bonds. The second kappa shape index (κ2) is 8.05. The van der Waals surface area contributed by atoms with Crippen LogP contribution in [-0.4, -0.2) is 35.2 Å². The normalized spacial score (nSPS) is 17.5. The van der Waals surface area contributed by atoms with Crippen molar-refractivity contribution in [3.63, 3.8) is 0 Å². The first-order chi connectivity index (χ1) is 14.3. The molecule has 0 aliphatic carbocycles. The topological polar surface area (TPSA) is 40.5 Å². The van der Waals surface area contributed by atoms with Crippen molar-refractivity contribution < 1.29 is 36.2 Å². The Morgan fingerprint density at radius 3 is 2.26 bits per heavy atom. The van der Waals surface area contributed by atoms with Crippen LogP contribution in [0, 0.1) is 6.92 Å². The van der Waals surface area contributed by atoms with Gasteiger partial charge in [-0.25, -0.2) is 0 Å². The minimum absolute atomic E-state index is 0.0736. The van der Waals surface area contributed by atoms with Crippen LogP contribution in [0.2, 0.25) is 0 Å². The van der Waals surface area contributed by atoms with Crippen LogP contribution >= 0.6 is 11.8 Å². The highest BCUT2D eigenvalue weighted by Gasteiger charge is 2.71. The summed E-state index contributed by atoms with van der Waals surface area (Å²) in [6, 6.07) is 9.06. The fourth-order valence-corrected chi connectivity index (χ4v) is 4.67. The molecule has 0 radical (unpaired) electrons. The van der Waals surface area contributed by atoms with Crippen LogP contribution in [0.15, 0.2) is 47.4 Å². The van der Waals surface area contributed by atoms with Crippen LogP contribution in [0.3, 0.4) is 0 Å². The third-order valence-corrected chi connectivity index (χ3v) is 6.64. The zero-order valence-electron chi connectivity index (χ0n) is 16.5. The smallest absolute Gasteiger partial charge is 0.369 e. The van der Waals surface area contributed by atoms with Gasteiger partial charge in [0.1, 0.15) is 0 Å². The second-order valence-electron chi connectivity index (χ2n) is 7.27. The highest BCUT2D eigenvalue weighted by molar-refractivity contribution is 8.00. The van der Waals surface area contributed by atoms with Gasteiger partial charge in [0.25, 0.3) is 11.5 Å². The first-order valence-corrected chi connectivity index (χ1v) is 10.2. The molecule has 168 valence electrons. The minimum atomic E-state index is -5.97. The van der Waals surface area contributed by atoms with Gasteiger partial charge in [-0.3, -0.25) is 4.79 Å². The summed E-state index contributed by atoms with van der Waals surface area (Å²) >= 11 is 1.09. The Labute approximate surface area is 179 Å². The van der Waals surface area contributed by atoms with E-state index in [4.69, 9.17) is 0 Å². The molecule has 3 nitrogen and oxygen atoms in total. The fraction of sp³-hybridized carbons (Fsp3) is 0.381. The molecule has 1 N–H and O–H groups in total. The molecule has 1 aliphatic heterocycles. The molecular formula is C21H19F6NO2S. The van der Waals surface area contributed by atoms with Crippen LogP contribution in [0.5, 0.6) is 0 Å². The monoisotopic (exact) mass is 463 g/mol. The molecule has 2 aromatic rings. The van der Waals surface area contributed by atoms with Gasteiger partial charge in [0.05, 0.1) is 5.69 Å². The number of anilines is 1. The minimum Gasteiger partial charge on any atom is -0.369 e. The Kier molecular flexibility index (Phi) is 6.09. The van der Waals surface area contributed by atoms with E-state index >= 15 is 0 Å². The van der Waals surface area contributed by atoms with E-state index in [9.17, 15) is 36.2 Å². The van der Waals surface area contributed by atoms with Crippen LogP contribution in [0.25, 0.3) is 0 Å². The first kappa shape index (κ1) is 23.5. The van der Waals surface area contributed by atoms with E-state index in [0.29, 0.717) is 29.7 Å². The van der Waals surface area contributed by atoms with E-state index in [1.165, 1.54) is 4.90 Å². The number of nitrogens with zero attached hydrogens (tertiary/aromatic N) is 1. The second-order valence-corrected chi connectivity index (χ2v) is 8.61. The van der Waals surface area contributed by atoms with Crippen LogP contribution < -0.4 is 4.90 Å². The number of halogens is 6. The molecule has 0 spiro atoms. The third-order valence-electron chi connectivity index (χ3n) is 5.24. The summed E-state index contributed by atoms with van der Waals surface area (Å²) < 4.78 is 79.7. The molecule has 2 aromatic carbocycles. The number of aryl methyl sites for hydroxylation is 1. The van der Waals surface area contributed by atoms with Crippen LogP contribution in [0.1, 0.15) is 34.8 Å². The lowest BCUT2D eigenvalue weighted by atomic mass is 9.92. The Balaban J connectivity index is 2.13. The van der Waals surface area contributed by atoms with E-state index in [2.05, 4.69) is 0 Å². The third kappa shape index (κ3) is 4.03. The van der Waals surface area contributed by atoms with Crippen molar-refractivity contribution >= 4 is 23.4 Å². The molecular weight excluding hydrogens is 444 g/mol. The number of thioether (sulfide) groups is 1. The van der Waals surface area contributed by atoms with E-state index in [0.717, 1.165) is 17.8 Å². The average Bonchev–Trinajstić information content (AvgIpc) is 2.70. The molecule has 1 aliphatic rings. The average molecular weight is 463 g/mol. The molecule has 3 rings (SSSR count). The number of amides is 1. The molecule has 10 heteroatoms. The maximum Gasteiger partial charge on any atom is 0.430 e. The molecule has 1 heterocycles. The number of aliphatic hydroxyl groups is 1. The van der Waals surface area contributed by atoms with Gasteiger partial charge in [-0.1, -0.05) is 31.2 Å². The highest BCUT2D eigenvalue weighted by atomic mass is 32.2. The fourth-order valence-electron chi connectivity index (χ4n) is 3.43. The summed E-state index contributed by atoms with van der Waals surface area (Å²) in [5, 5.41) is 9.49. The van der Waals surface area contributed by atoms with Crippen molar-refractivity contribution in [2.75, 3.05) is 11.4 Å². The van der Waals surface area contributed by atoms with Gasteiger partial charge in [0.2, 0.25) is 0 Å². The molecule has 0 bridgehead atoms. The summed E-state index contributed by atoms with van der Waals surface area (Å²) in [5.74, 6) is -0.396. The summed E-state index contributed by atoms with van der Waals surface area (Å²) in [7, 11) is 0. The predicted molar refractivity (Wildman–Crippen MR) is 105 cm³/mol. The molecule has 0 fully saturated rings. The Morgan fingerprint density at radius 2 is 1.71 bits per heavy atom. The van der Waals surface area contributed by atoms with E-state index in [1.807, 2.05) is 6.92 Å². The van der Waals surface area contributed by atoms with Gasteiger partial charge in [-0.15, -0.1) is 11.8 Å². The highest BCUT2D eigenvalue weighted by Crippen LogP contribution is 2.52. The van der Waals surface area contributed by atoms with Gasteiger partial charge in [-0.05, 0) is 37.1 Å². The van der Waals surface area contributed by atoms with Crippen molar-refractivity contribution in [1.29, 1.82) is 0 Å². The van der Waals surface area contributed by atoms with E-state index in [-0.39, 0.29) is 22.4 Å². The molecule has 31 heavy (non-hydrogen) atoms. The van der Waals surface area contributed by atoms with Gasteiger partial charge >= 0.3 is 12.4 Å². The number of carbonyl (C=O) groups is 1. The van der Waals surface area contributed by atoms with Crippen LogP contribution in [-0.2, 0) is 5.60 Å². The number of hydrogen-bond acceptors (Lipinski definition) is 3. The number of benzene rings is 2. The summed E-state index contributed by atoms with van der Waals surface area (Å²) in [5.41, 5.74) is -5.06. The van der Waals surface area contributed by atoms with Crippen LogP contribution in [0.4, 0.5) is 32.0 Å². The summed E-state index contributed by atoms with van der Waals surface area (Å²) in [4.78, 5) is 14.6. The zero-order valence-corrected chi connectivity index (χ0v) is 17.3. The zero-order chi connectivity index (χ0) is 23.2. The number of fused-ring (bicyclic) bond motifs is 1. The largest absolute Gasteiger partial charge is 0.430 e. The number of hydrogen-bond donors (Lipinski definition) is 1. The van der Waals surface area contributed by atoms with Gasteiger partial charge in [0, 0.05) is 27.8 Å². The molecule has 0 saturated carbocycles. The SMILES string of the molecule is CCC1CN(C(=O)c2ccccc2C)c2ccc(C(O)(C(F)(F)F)C(F)(F)F)cc2S1. The van der Waals surface area contributed by atoms with Gasteiger partial charge in [0.15, 0.2) is 0 Å². The van der Waals surface area contributed by atoms with Gasteiger partial charge < -0.3 is 10.0 Å². The lowest BCUT2D eigenvalue weighted by Gasteiger charge is -2.37. The summed E-state index contributed by atoms with van der Waals surface area (Å²) in [6.45, 7) is 3.80. The van der Waals surface area contributed by atoms with Crippen molar-refractivity contribution in [1.82, 2.24) is 0 Å². The molecule has 0 saturated heterocycles. The Hall–Kier alpha value is -2.20. The Morgan fingerprint density at radius 1 is 1.10 bits per heavy atom. The number of rotatable bonds is 3. The lowest BCUT2D eigenvalue weighted by Crippen LogP contribution is -2.54. The predicted octanol–water partition coefficient (Wildman–Crippen LogP) is 5.84. The molecule has 1 atom stereocenters. The van der Waals surface area contributed by atoms with Crippen molar-refractivity contribution in [2.24, 2.45) is 0 Å². The summed E-state index contributed by atoms with van der Waals surface area (Å²) in [6.07, 6.45) is -11.4. The number of alkyl halides is 6. The molecule has 1 unspecified atom stereocenters.